The van der Waals surface area contributed by atoms with Crippen molar-refractivity contribution in [1.29, 1.82) is 0 Å². The minimum atomic E-state index is -0.781. The highest BCUT2D eigenvalue weighted by Gasteiger charge is 2.13. The standard InChI is InChI=1S/C12H11BrFNOS/c13-7-3-9(17-6-7)5-12(16)10-4-8(14)1-2-11(10)15/h1-4,6,12,16H,5,15H2. The Morgan fingerprint density at radius 2 is 2.18 bits per heavy atom. The van der Waals surface area contributed by atoms with E-state index in [2.05, 4.69) is 15.9 Å². The molecule has 1 aromatic heterocycles. The lowest BCUT2D eigenvalue weighted by Crippen LogP contribution is -2.05. The van der Waals surface area contributed by atoms with Gasteiger partial charge >= 0.3 is 0 Å². The van der Waals surface area contributed by atoms with E-state index < -0.39 is 6.10 Å². The zero-order valence-electron chi connectivity index (χ0n) is 8.86. The Balaban J connectivity index is 2.19. The average Bonchev–Trinajstić information content (AvgIpc) is 2.67. The number of hydrogen-bond acceptors (Lipinski definition) is 3. The van der Waals surface area contributed by atoms with Crippen LogP contribution in [0.15, 0.2) is 34.1 Å². The van der Waals surface area contributed by atoms with Gasteiger partial charge in [0.2, 0.25) is 0 Å². The van der Waals surface area contributed by atoms with Crippen molar-refractivity contribution in [2.45, 2.75) is 12.5 Å². The summed E-state index contributed by atoms with van der Waals surface area (Å²) in [5.41, 5.74) is 6.57. The van der Waals surface area contributed by atoms with E-state index in [-0.39, 0.29) is 5.82 Å². The number of hydrogen-bond donors (Lipinski definition) is 2. The number of halogens is 2. The molecule has 3 N–H and O–H groups in total. The zero-order valence-corrected chi connectivity index (χ0v) is 11.3. The smallest absolute Gasteiger partial charge is 0.123 e. The van der Waals surface area contributed by atoms with Gasteiger partial charge in [0.15, 0.2) is 0 Å². The molecule has 0 aliphatic carbocycles. The number of benzene rings is 1. The maximum Gasteiger partial charge on any atom is 0.123 e. The van der Waals surface area contributed by atoms with E-state index in [9.17, 15) is 9.50 Å². The molecule has 2 rings (SSSR count). The van der Waals surface area contributed by atoms with Gasteiger partial charge in [0.1, 0.15) is 5.82 Å². The number of rotatable bonds is 3. The third-order valence-corrected chi connectivity index (χ3v) is 4.14. The van der Waals surface area contributed by atoms with Gasteiger partial charge in [-0.05, 0) is 40.2 Å². The fourth-order valence-electron chi connectivity index (χ4n) is 1.60. The van der Waals surface area contributed by atoms with Crippen LogP contribution >= 0.6 is 27.3 Å². The summed E-state index contributed by atoms with van der Waals surface area (Å²) in [7, 11) is 0. The van der Waals surface area contributed by atoms with Crippen molar-refractivity contribution in [3.05, 3.63) is 50.4 Å². The summed E-state index contributed by atoms with van der Waals surface area (Å²) in [6, 6.07) is 5.97. The first-order chi connectivity index (χ1) is 8.06. The van der Waals surface area contributed by atoms with Gasteiger partial charge in [0, 0.05) is 32.4 Å². The molecule has 2 nitrogen and oxygen atoms in total. The first-order valence-corrected chi connectivity index (χ1v) is 6.69. The van der Waals surface area contributed by atoms with Gasteiger partial charge in [0.05, 0.1) is 6.10 Å². The number of aliphatic hydroxyl groups is 1. The van der Waals surface area contributed by atoms with Crippen LogP contribution in [0.5, 0.6) is 0 Å². The van der Waals surface area contributed by atoms with Crippen LogP contribution in [0.2, 0.25) is 0 Å². The number of aliphatic hydroxyl groups excluding tert-OH is 1. The third-order valence-electron chi connectivity index (χ3n) is 2.42. The van der Waals surface area contributed by atoms with E-state index in [0.29, 0.717) is 17.7 Å². The van der Waals surface area contributed by atoms with Crippen LogP contribution in [0.4, 0.5) is 10.1 Å². The second-order valence-electron chi connectivity index (χ2n) is 3.72. The molecule has 1 aromatic carbocycles. The van der Waals surface area contributed by atoms with Gasteiger partial charge in [-0.25, -0.2) is 4.39 Å². The number of thiophene rings is 1. The van der Waals surface area contributed by atoms with Crippen LogP contribution in [0.1, 0.15) is 16.5 Å². The largest absolute Gasteiger partial charge is 0.398 e. The van der Waals surface area contributed by atoms with Crippen LogP contribution in [0, 0.1) is 5.82 Å². The van der Waals surface area contributed by atoms with Crippen molar-refractivity contribution in [2.75, 3.05) is 5.73 Å². The lowest BCUT2D eigenvalue weighted by Gasteiger charge is -2.12. The van der Waals surface area contributed by atoms with Crippen molar-refractivity contribution in [1.82, 2.24) is 0 Å². The highest BCUT2D eigenvalue weighted by molar-refractivity contribution is 9.10. The summed E-state index contributed by atoms with van der Waals surface area (Å²) >= 11 is 4.89. The summed E-state index contributed by atoms with van der Waals surface area (Å²) in [5.74, 6) is -0.388. The highest BCUT2D eigenvalue weighted by atomic mass is 79.9. The summed E-state index contributed by atoms with van der Waals surface area (Å²) in [6.45, 7) is 0. The molecule has 0 fully saturated rings. The van der Waals surface area contributed by atoms with Crippen LogP contribution in [0.3, 0.4) is 0 Å². The van der Waals surface area contributed by atoms with Crippen molar-refractivity contribution in [2.24, 2.45) is 0 Å². The molecule has 0 aliphatic heterocycles. The summed E-state index contributed by atoms with van der Waals surface area (Å²) in [4.78, 5) is 1.02. The molecule has 17 heavy (non-hydrogen) atoms. The molecule has 90 valence electrons. The second kappa shape index (κ2) is 5.16. The molecule has 0 radical (unpaired) electrons. The highest BCUT2D eigenvalue weighted by Crippen LogP contribution is 2.28. The third kappa shape index (κ3) is 3.06. The first-order valence-electron chi connectivity index (χ1n) is 5.02. The van der Waals surface area contributed by atoms with Gasteiger partial charge in [-0.2, -0.15) is 0 Å². The summed E-state index contributed by atoms with van der Waals surface area (Å²) in [6.07, 6.45) is -0.347. The van der Waals surface area contributed by atoms with Crippen LogP contribution < -0.4 is 5.73 Å². The Morgan fingerprint density at radius 3 is 2.82 bits per heavy atom. The molecule has 0 saturated heterocycles. The van der Waals surface area contributed by atoms with Gasteiger partial charge in [-0.1, -0.05) is 0 Å². The number of anilines is 1. The average molecular weight is 316 g/mol. The van der Waals surface area contributed by atoms with Gasteiger partial charge in [-0.3, -0.25) is 0 Å². The van der Waals surface area contributed by atoms with Crippen LogP contribution in [0.25, 0.3) is 0 Å². The molecular weight excluding hydrogens is 305 g/mol. The Labute approximate surface area is 111 Å². The van der Waals surface area contributed by atoms with E-state index in [1.165, 1.54) is 18.2 Å². The lowest BCUT2D eigenvalue weighted by molar-refractivity contribution is 0.180. The number of nitrogen functional groups attached to an aromatic ring is 1. The Kier molecular flexibility index (Phi) is 3.81. The predicted octanol–water partition coefficient (Wildman–Crippen LogP) is 3.51. The quantitative estimate of drug-likeness (QED) is 0.851. The van der Waals surface area contributed by atoms with E-state index in [1.54, 1.807) is 11.3 Å². The molecule has 1 heterocycles. The maximum atomic E-state index is 13.1. The minimum absolute atomic E-state index is 0.388. The van der Waals surface area contributed by atoms with Crippen LogP contribution in [-0.2, 0) is 6.42 Å². The van der Waals surface area contributed by atoms with Gasteiger partial charge in [0.25, 0.3) is 0 Å². The van der Waals surface area contributed by atoms with Crippen LogP contribution in [-0.4, -0.2) is 5.11 Å². The Hall–Kier alpha value is -0.910. The first kappa shape index (κ1) is 12.5. The van der Waals surface area contributed by atoms with Gasteiger partial charge < -0.3 is 10.8 Å². The predicted molar refractivity (Wildman–Crippen MR) is 71.5 cm³/mol. The molecule has 2 aromatic rings. The molecule has 1 unspecified atom stereocenters. The Morgan fingerprint density at radius 1 is 1.41 bits per heavy atom. The molecule has 1 atom stereocenters. The van der Waals surface area contributed by atoms with E-state index >= 15 is 0 Å². The molecule has 0 amide bonds. The SMILES string of the molecule is Nc1ccc(F)cc1C(O)Cc1cc(Br)cs1. The van der Waals surface area contributed by atoms with Gasteiger partial charge in [-0.15, -0.1) is 11.3 Å². The molecule has 0 bridgehead atoms. The minimum Gasteiger partial charge on any atom is -0.398 e. The van der Waals surface area contributed by atoms with Crippen molar-refractivity contribution in [3.8, 4) is 0 Å². The molecule has 0 saturated carbocycles. The molecule has 0 aliphatic rings. The summed E-state index contributed by atoms with van der Waals surface area (Å²) < 4.78 is 14.1. The summed E-state index contributed by atoms with van der Waals surface area (Å²) in [5, 5.41) is 12.0. The fraction of sp³-hybridized carbons (Fsp3) is 0.167. The zero-order chi connectivity index (χ0) is 12.4. The second-order valence-corrected chi connectivity index (χ2v) is 5.64. The molecule has 5 heteroatoms. The fourth-order valence-corrected chi connectivity index (χ4v) is 3.08. The number of nitrogens with two attached hydrogens (primary N) is 1. The normalized spacial score (nSPS) is 12.6. The Bertz CT molecular complexity index is 529. The van der Waals surface area contributed by atoms with Crippen molar-refractivity contribution in [3.63, 3.8) is 0 Å². The van der Waals surface area contributed by atoms with Crippen molar-refractivity contribution < 1.29 is 9.50 Å². The maximum absolute atomic E-state index is 13.1. The topological polar surface area (TPSA) is 46.2 Å². The molecular formula is C12H11BrFNOS. The van der Waals surface area contributed by atoms with E-state index in [1.807, 2.05) is 11.4 Å². The molecule has 0 spiro atoms. The van der Waals surface area contributed by atoms with Crippen molar-refractivity contribution >= 4 is 33.0 Å². The van der Waals surface area contributed by atoms with E-state index in [4.69, 9.17) is 5.73 Å². The monoisotopic (exact) mass is 315 g/mol. The van der Waals surface area contributed by atoms with E-state index in [0.717, 1.165) is 9.35 Å². The lowest BCUT2D eigenvalue weighted by atomic mass is 10.0.